The first kappa shape index (κ1) is 13.0. The smallest absolute Gasteiger partial charge is 0.0955 e. The van der Waals surface area contributed by atoms with Gasteiger partial charge in [0, 0.05) is 25.6 Å². The fourth-order valence-electron chi connectivity index (χ4n) is 2.41. The van der Waals surface area contributed by atoms with Crippen LogP contribution in [0.2, 0.25) is 0 Å². The van der Waals surface area contributed by atoms with E-state index in [1.165, 1.54) is 4.70 Å². The van der Waals surface area contributed by atoms with Crippen LogP contribution in [-0.2, 0) is 11.2 Å². The molecule has 102 valence electrons. The third-order valence-electron chi connectivity index (χ3n) is 3.52. The minimum absolute atomic E-state index is 0.0170. The Balaban J connectivity index is 1.69. The molecule has 1 saturated heterocycles. The van der Waals surface area contributed by atoms with E-state index in [4.69, 9.17) is 10.5 Å². The predicted molar refractivity (Wildman–Crippen MR) is 78.5 cm³/mol. The lowest BCUT2D eigenvalue weighted by molar-refractivity contribution is -0.0319. The fraction of sp³-hybridized carbons (Fsp3) is 0.500. The van der Waals surface area contributed by atoms with Gasteiger partial charge in [0.2, 0.25) is 0 Å². The number of likely N-dealkylation sites (N-methyl/N-ethyl adjacent to an activating group) is 1. The van der Waals surface area contributed by atoms with E-state index in [9.17, 15) is 0 Å². The predicted octanol–water partition coefficient (Wildman–Crippen LogP) is 1.50. The van der Waals surface area contributed by atoms with Crippen molar-refractivity contribution in [3.8, 4) is 0 Å². The van der Waals surface area contributed by atoms with Gasteiger partial charge < -0.3 is 15.4 Å². The van der Waals surface area contributed by atoms with Gasteiger partial charge in [-0.1, -0.05) is 12.1 Å². The highest BCUT2D eigenvalue weighted by Gasteiger charge is 2.25. The Morgan fingerprint density at radius 3 is 3.16 bits per heavy atom. The number of hydrogen-bond acceptors (Lipinski definition) is 5. The van der Waals surface area contributed by atoms with Crippen molar-refractivity contribution in [2.24, 2.45) is 5.73 Å². The lowest BCUT2D eigenvalue weighted by atomic mass is 10.1. The number of nitrogens with two attached hydrogens (primary N) is 1. The summed E-state index contributed by atoms with van der Waals surface area (Å²) < 4.78 is 6.99. The summed E-state index contributed by atoms with van der Waals surface area (Å²) in [5.74, 6) is 0. The van der Waals surface area contributed by atoms with E-state index in [2.05, 4.69) is 23.0 Å². The van der Waals surface area contributed by atoms with Crippen LogP contribution in [0.3, 0.4) is 0 Å². The number of thiazole rings is 1. The van der Waals surface area contributed by atoms with Gasteiger partial charge in [-0.25, -0.2) is 4.98 Å². The summed E-state index contributed by atoms with van der Waals surface area (Å²) in [6.07, 6.45) is 0.906. The quantitative estimate of drug-likeness (QED) is 0.923. The second-order valence-electron chi connectivity index (χ2n) is 5.11. The normalized spacial score (nSPS) is 22.7. The van der Waals surface area contributed by atoms with Crippen molar-refractivity contribution in [3.05, 3.63) is 29.3 Å². The van der Waals surface area contributed by atoms with Gasteiger partial charge in [0.1, 0.15) is 0 Å². The second-order valence-corrected chi connectivity index (χ2v) is 6.23. The molecule has 19 heavy (non-hydrogen) atoms. The molecule has 1 aliphatic heterocycles. The molecule has 0 spiro atoms. The maximum Gasteiger partial charge on any atom is 0.0955 e. The Morgan fingerprint density at radius 1 is 1.53 bits per heavy atom. The van der Waals surface area contributed by atoms with E-state index in [0.717, 1.165) is 36.6 Å². The first-order chi connectivity index (χ1) is 9.22. The number of benzene rings is 1. The highest BCUT2D eigenvalue weighted by atomic mass is 32.1. The van der Waals surface area contributed by atoms with Crippen molar-refractivity contribution in [2.45, 2.75) is 18.6 Å². The van der Waals surface area contributed by atoms with Gasteiger partial charge in [0.25, 0.3) is 0 Å². The Hall–Kier alpha value is -1.01. The summed E-state index contributed by atoms with van der Waals surface area (Å²) in [5.41, 5.74) is 7.35. The van der Waals surface area contributed by atoms with E-state index in [1.807, 2.05) is 18.2 Å². The van der Waals surface area contributed by atoms with Crippen LogP contribution in [0.15, 0.2) is 24.3 Å². The zero-order chi connectivity index (χ0) is 13.2. The van der Waals surface area contributed by atoms with Gasteiger partial charge in [-0.3, -0.25) is 0 Å². The van der Waals surface area contributed by atoms with Crippen molar-refractivity contribution >= 4 is 21.6 Å². The molecule has 2 heterocycles. The van der Waals surface area contributed by atoms with Crippen molar-refractivity contribution in [1.82, 2.24) is 9.88 Å². The van der Waals surface area contributed by atoms with E-state index >= 15 is 0 Å². The number of ether oxygens (including phenoxy) is 1. The molecule has 0 saturated carbocycles. The molecule has 3 rings (SSSR count). The summed E-state index contributed by atoms with van der Waals surface area (Å²) >= 11 is 1.73. The van der Waals surface area contributed by atoms with Crippen molar-refractivity contribution in [1.29, 1.82) is 0 Å². The number of para-hydroxylation sites is 1. The number of aromatic nitrogens is 1. The molecular formula is C14H19N3OS. The van der Waals surface area contributed by atoms with Crippen LogP contribution in [0.4, 0.5) is 0 Å². The number of fused-ring (bicyclic) bond motifs is 1. The first-order valence-corrected chi connectivity index (χ1v) is 7.44. The molecule has 0 amide bonds. The fourth-order valence-corrected chi connectivity index (χ4v) is 3.45. The molecule has 4 nitrogen and oxygen atoms in total. The molecule has 2 unspecified atom stereocenters. The van der Waals surface area contributed by atoms with Crippen LogP contribution in [0, 0.1) is 0 Å². The van der Waals surface area contributed by atoms with Gasteiger partial charge >= 0.3 is 0 Å². The molecule has 1 aromatic carbocycles. The van der Waals surface area contributed by atoms with Gasteiger partial charge in [-0.05, 0) is 19.2 Å². The summed E-state index contributed by atoms with van der Waals surface area (Å²) in [6.45, 7) is 2.67. The molecule has 0 bridgehead atoms. The van der Waals surface area contributed by atoms with E-state index in [1.54, 1.807) is 11.3 Å². The lowest BCUT2D eigenvalue weighted by Crippen LogP contribution is -2.50. The van der Waals surface area contributed by atoms with Crippen LogP contribution in [-0.4, -0.2) is 48.8 Å². The Bertz CT molecular complexity index is 523. The maximum atomic E-state index is 6.28. The molecule has 5 heteroatoms. The average Bonchev–Trinajstić information content (AvgIpc) is 2.80. The van der Waals surface area contributed by atoms with E-state index < -0.39 is 0 Å². The second kappa shape index (κ2) is 5.54. The molecule has 2 atom stereocenters. The van der Waals surface area contributed by atoms with Crippen LogP contribution in [0.5, 0.6) is 0 Å². The van der Waals surface area contributed by atoms with Gasteiger partial charge in [0.05, 0.1) is 27.9 Å². The van der Waals surface area contributed by atoms with Crippen LogP contribution < -0.4 is 5.73 Å². The molecule has 1 aromatic heterocycles. The Kier molecular flexibility index (Phi) is 3.79. The van der Waals surface area contributed by atoms with E-state index in [0.29, 0.717) is 0 Å². The average molecular weight is 277 g/mol. The number of nitrogens with zero attached hydrogens (tertiary/aromatic N) is 2. The Labute approximate surface area is 117 Å². The van der Waals surface area contributed by atoms with Crippen molar-refractivity contribution in [3.63, 3.8) is 0 Å². The standard InChI is InChI=1S/C14H19N3OS/c1-17-6-7-18-12(9-17)10(15)8-14-16-11-4-2-3-5-13(11)19-14/h2-5,10,12H,6-9,15H2,1H3. The van der Waals surface area contributed by atoms with Crippen LogP contribution in [0.25, 0.3) is 10.2 Å². The zero-order valence-corrected chi connectivity index (χ0v) is 11.9. The van der Waals surface area contributed by atoms with Gasteiger partial charge in [-0.2, -0.15) is 0 Å². The van der Waals surface area contributed by atoms with Crippen molar-refractivity contribution in [2.75, 3.05) is 26.7 Å². The van der Waals surface area contributed by atoms with Crippen LogP contribution >= 0.6 is 11.3 Å². The van der Waals surface area contributed by atoms with E-state index in [-0.39, 0.29) is 12.1 Å². The highest BCUT2D eigenvalue weighted by molar-refractivity contribution is 7.18. The highest BCUT2D eigenvalue weighted by Crippen LogP contribution is 2.23. The zero-order valence-electron chi connectivity index (χ0n) is 11.1. The number of hydrogen-bond donors (Lipinski definition) is 1. The SMILES string of the molecule is CN1CCOC(C(N)Cc2nc3ccccc3s2)C1. The topological polar surface area (TPSA) is 51.4 Å². The molecule has 2 N–H and O–H groups in total. The maximum absolute atomic E-state index is 6.28. The monoisotopic (exact) mass is 277 g/mol. The Morgan fingerprint density at radius 2 is 2.37 bits per heavy atom. The minimum atomic E-state index is 0.0170. The number of rotatable bonds is 3. The molecule has 2 aromatic rings. The summed E-state index contributed by atoms with van der Waals surface area (Å²) in [4.78, 5) is 6.91. The largest absolute Gasteiger partial charge is 0.374 e. The molecule has 1 fully saturated rings. The van der Waals surface area contributed by atoms with Crippen molar-refractivity contribution < 1.29 is 4.74 Å². The third kappa shape index (κ3) is 2.95. The molecule has 0 aliphatic carbocycles. The molecule has 1 aliphatic rings. The number of morpholine rings is 1. The van der Waals surface area contributed by atoms with Gasteiger partial charge in [0.15, 0.2) is 0 Å². The first-order valence-electron chi connectivity index (χ1n) is 6.62. The van der Waals surface area contributed by atoms with Crippen LogP contribution in [0.1, 0.15) is 5.01 Å². The minimum Gasteiger partial charge on any atom is -0.374 e. The summed E-state index contributed by atoms with van der Waals surface area (Å²) in [7, 11) is 2.11. The third-order valence-corrected chi connectivity index (χ3v) is 4.58. The molecular weight excluding hydrogens is 258 g/mol. The summed E-state index contributed by atoms with van der Waals surface area (Å²) in [5, 5.41) is 1.10. The van der Waals surface area contributed by atoms with Gasteiger partial charge in [-0.15, -0.1) is 11.3 Å². The molecule has 0 radical (unpaired) electrons. The summed E-state index contributed by atoms with van der Waals surface area (Å²) in [6, 6.07) is 8.23. The lowest BCUT2D eigenvalue weighted by Gasteiger charge is -2.33.